The molecular weight excluding hydrogens is 278 g/mol. The standard InChI is InChI=1S/C13H17N3O3S/c1-2-19-10-12-6-4-3-5-11(12)9-15-20(17,18)13-7-8-14-16-13/h3-8,15H,2,9-10H2,1H3,(H,14,16). The van der Waals surface area contributed by atoms with Gasteiger partial charge in [0, 0.05) is 13.2 Å². The van der Waals surface area contributed by atoms with E-state index in [1.807, 2.05) is 31.2 Å². The summed E-state index contributed by atoms with van der Waals surface area (Å²) in [7, 11) is -3.56. The van der Waals surface area contributed by atoms with Crippen LogP contribution < -0.4 is 4.72 Å². The van der Waals surface area contributed by atoms with Gasteiger partial charge in [-0.05, 0) is 24.1 Å². The molecule has 2 rings (SSSR count). The second-order valence-electron chi connectivity index (χ2n) is 4.15. The number of nitrogens with zero attached hydrogens (tertiary/aromatic N) is 1. The molecule has 0 atom stereocenters. The molecule has 0 unspecified atom stereocenters. The zero-order valence-electron chi connectivity index (χ0n) is 11.2. The van der Waals surface area contributed by atoms with Gasteiger partial charge in [0.2, 0.25) is 0 Å². The Balaban J connectivity index is 2.07. The van der Waals surface area contributed by atoms with Crippen LogP contribution in [0.25, 0.3) is 0 Å². The number of aromatic nitrogens is 2. The van der Waals surface area contributed by atoms with Crippen LogP contribution in [-0.2, 0) is 27.9 Å². The largest absolute Gasteiger partial charge is 0.377 e. The normalized spacial score (nSPS) is 11.7. The Morgan fingerprint density at radius 1 is 1.25 bits per heavy atom. The summed E-state index contributed by atoms with van der Waals surface area (Å²) in [4.78, 5) is 0. The molecule has 0 saturated heterocycles. The molecule has 0 saturated carbocycles. The van der Waals surface area contributed by atoms with E-state index in [1.165, 1.54) is 12.3 Å². The first-order valence-corrected chi connectivity index (χ1v) is 7.75. The molecule has 0 aliphatic heterocycles. The highest BCUT2D eigenvalue weighted by atomic mass is 32.2. The van der Waals surface area contributed by atoms with Gasteiger partial charge in [0.1, 0.15) is 0 Å². The van der Waals surface area contributed by atoms with Crippen LogP contribution in [0.5, 0.6) is 0 Å². The summed E-state index contributed by atoms with van der Waals surface area (Å²) in [5.74, 6) is 0. The van der Waals surface area contributed by atoms with Crippen LogP contribution in [0.2, 0.25) is 0 Å². The Kier molecular flexibility index (Phi) is 4.89. The van der Waals surface area contributed by atoms with E-state index >= 15 is 0 Å². The summed E-state index contributed by atoms with van der Waals surface area (Å²) in [6.45, 7) is 3.22. The van der Waals surface area contributed by atoms with Crippen molar-refractivity contribution in [2.45, 2.75) is 25.1 Å². The first kappa shape index (κ1) is 14.7. The number of hydrogen-bond acceptors (Lipinski definition) is 4. The summed E-state index contributed by atoms with van der Waals surface area (Å²) >= 11 is 0. The van der Waals surface area contributed by atoms with Gasteiger partial charge in [0.25, 0.3) is 10.0 Å². The number of sulfonamides is 1. The van der Waals surface area contributed by atoms with Crippen molar-refractivity contribution in [1.29, 1.82) is 0 Å². The van der Waals surface area contributed by atoms with Crippen molar-refractivity contribution in [2.75, 3.05) is 6.61 Å². The molecule has 0 amide bonds. The lowest BCUT2D eigenvalue weighted by atomic mass is 10.1. The van der Waals surface area contributed by atoms with E-state index in [-0.39, 0.29) is 11.6 Å². The van der Waals surface area contributed by atoms with Crippen molar-refractivity contribution in [3.05, 3.63) is 47.7 Å². The molecule has 6 nitrogen and oxygen atoms in total. The van der Waals surface area contributed by atoms with E-state index in [1.54, 1.807) is 0 Å². The molecule has 2 N–H and O–H groups in total. The second kappa shape index (κ2) is 6.65. The predicted molar refractivity (Wildman–Crippen MR) is 74.4 cm³/mol. The van der Waals surface area contributed by atoms with E-state index in [4.69, 9.17) is 4.74 Å². The van der Waals surface area contributed by atoms with Gasteiger partial charge >= 0.3 is 0 Å². The molecule has 0 spiro atoms. The molecular formula is C13H17N3O3S. The first-order chi connectivity index (χ1) is 9.63. The van der Waals surface area contributed by atoms with Crippen LogP contribution in [0.4, 0.5) is 0 Å². The maximum Gasteiger partial charge on any atom is 0.257 e. The van der Waals surface area contributed by atoms with E-state index in [0.717, 1.165) is 11.1 Å². The lowest BCUT2D eigenvalue weighted by Crippen LogP contribution is -2.24. The fourth-order valence-corrected chi connectivity index (χ4v) is 2.64. The SMILES string of the molecule is CCOCc1ccccc1CNS(=O)(=O)c1ccn[nH]1. The van der Waals surface area contributed by atoms with Gasteiger partial charge in [-0.1, -0.05) is 24.3 Å². The average molecular weight is 295 g/mol. The minimum atomic E-state index is -3.56. The van der Waals surface area contributed by atoms with Crippen molar-refractivity contribution >= 4 is 10.0 Å². The molecule has 108 valence electrons. The number of hydrogen-bond donors (Lipinski definition) is 2. The zero-order valence-corrected chi connectivity index (χ0v) is 12.0. The highest BCUT2D eigenvalue weighted by Crippen LogP contribution is 2.11. The van der Waals surface area contributed by atoms with Crippen LogP contribution in [0.1, 0.15) is 18.1 Å². The molecule has 0 fully saturated rings. The predicted octanol–water partition coefficient (Wildman–Crippen LogP) is 1.42. The van der Waals surface area contributed by atoms with Crippen molar-refractivity contribution < 1.29 is 13.2 Å². The van der Waals surface area contributed by atoms with Crippen molar-refractivity contribution in [3.8, 4) is 0 Å². The molecule has 7 heteroatoms. The van der Waals surface area contributed by atoms with E-state index in [2.05, 4.69) is 14.9 Å². The molecule has 1 heterocycles. The topological polar surface area (TPSA) is 84.1 Å². The van der Waals surface area contributed by atoms with Gasteiger partial charge in [-0.3, -0.25) is 5.10 Å². The smallest absolute Gasteiger partial charge is 0.257 e. The van der Waals surface area contributed by atoms with Crippen molar-refractivity contribution in [2.24, 2.45) is 0 Å². The van der Waals surface area contributed by atoms with Crippen LogP contribution in [0.3, 0.4) is 0 Å². The molecule has 20 heavy (non-hydrogen) atoms. The molecule has 0 aliphatic carbocycles. The average Bonchev–Trinajstić information content (AvgIpc) is 2.99. The second-order valence-corrected chi connectivity index (χ2v) is 5.89. The fourth-order valence-electron chi connectivity index (χ4n) is 1.73. The highest BCUT2D eigenvalue weighted by Gasteiger charge is 2.15. The Morgan fingerprint density at radius 3 is 2.65 bits per heavy atom. The molecule has 0 bridgehead atoms. The third-order valence-corrected chi connectivity index (χ3v) is 4.13. The van der Waals surface area contributed by atoms with E-state index in [9.17, 15) is 8.42 Å². The Morgan fingerprint density at radius 2 is 2.00 bits per heavy atom. The zero-order chi connectivity index (χ0) is 14.4. The number of rotatable bonds is 7. The fraction of sp³-hybridized carbons (Fsp3) is 0.308. The quantitative estimate of drug-likeness (QED) is 0.809. The van der Waals surface area contributed by atoms with Crippen LogP contribution in [0, 0.1) is 0 Å². The summed E-state index contributed by atoms with van der Waals surface area (Å²) < 4.78 is 31.9. The van der Waals surface area contributed by atoms with Crippen molar-refractivity contribution in [3.63, 3.8) is 0 Å². The maximum atomic E-state index is 12.0. The molecule has 1 aromatic carbocycles. The summed E-state index contributed by atoms with van der Waals surface area (Å²) in [5.41, 5.74) is 1.87. The Hall–Kier alpha value is -1.70. The number of aromatic amines is 1. The van der Waals surface area contributed by atoms with Gasteiger partial charge in [-0.15, -0.1) is 0 Å². The minimum absolute atomic E-state index is 0.0554. The van der Waals surface area contributed by atoms with Crippen LogP contribution in [-0.4, -0.2) is 25.2 Å². The molecule has 1 aromatic heterocycles. The van der Waals surface area contributed by atoms with Gasteiger partial charge in [-0.25, -0.2) is 13.1 Å². The van der Waals surface area contributed by atoms with Gasteiger partial charge in [-0.2, -0.15) is 5.10 Å². The molecule has 0 radical (unpaired) electrons. The number of benzene rings is 1. The van der Waals surface area contributed by atoms with E-state index in [0.29, 0.717) is 13.2 Å². The number of H-pyrrole nitrogens is 1. The minimum Gasteiger partial charge on any atom is -0.377 e. The number of ether oxygens (including phenoxy) is 1. The maximum absolute atomic E-state index is 12.0. The molecule has 0 aliphatic rings. The van der Waals surface area contributed by atoms with Gasteiger partial charge < -0.3 is 4.74 Å². The van der Waals surface area contributed by atoms with Crippen LogP contribution in [0.15, 0.2) is 41.6 Å². The van der Waals surface area contributed by atoms with Crippen molar-refractivity contribution in [1.82, 2.24) is 14.9 Å². The lowest BCUT2D eigenvalue weighted by Gasteiger charge is -2.10. The highest BCUT2D eigenvalue weighted by molar-refractivity contribution is 7.89. The number of nitrogens with one attached hydrogen (secondary N) is 2. The van der Waals surface area contributed by atoms with Gasteiger partial charge in [0.15, 0.2) is 5.03 Å². The van der Waals surface area contributed by atoms with Gasteiger partial charge in [0.05, 0.1) is 12.8 Å². The monoisotopic (exact) mass is 295 g/mol. The summed E-state index contributed by atoms with van der Waals surface area (Å²) in [5, 5.41) is 6.13. The summed E-state index contributed by atoms with van der Waals surface area (Å²) in [6.07, 6.45) is 1.40. The first-order valence-electron chi connectivity index (χ1n) is 6.27. The van der Waals surface area contributed by atoms with E-state index < -0.39 is 10.0 Å². The molecule has 2 aromatic rings. The third kappa shape index (κ3) is 3.66. The Labute approximate surface area is 118 Å². The Bertz CT molecular complexity index is 639. The third-order valence-electron chi connectivity index (χ3n) is 2.80. The summed E-state index contributed by atoms with van der Waals surface area (Å²) in [6, 6.07) is 8.99. The van der Waals surface area contributed by atoms with Crippen LogP contribution >= 0.6 is 0 Å². The lowest BCUT2D eigenvalue weighted by molar-refractivity contribution is 0.133.